The van der Waals surface area contributed by atoms with Gasteiger partial charge in [0.25, 0.3) is 0 Å². The molecular formula is C63H118O6. The van der Waals surface area contributed by atoms with Crippen LogP contribution in [0.15, 0.2) is 24.3 Å². The van der Waals surface area contributed by atoms with E-state index in [2.05, 4.69) is 45.1 Å². The van der Waals surface area contributed by atoms with Crippen LogP contribution in [0, 0.1) is 0 Å². The molecule has 0 heterocycles. The SMILES string of the molecule is CCCCCCC/C=C\C/C=C\CCCCCCCCCCCCCC(=O)OCC(COC(=O)CCCCCCCCCC)OC(=O)CCCCCCCCCCCCCCCCCCCCCC. The van der Waals surface area contributed by atoms with Crippen LogP contribution < -0.4 is 0 Å². The van der Waals surface area contributed by atoms with Gasteiger partial charge in [0.15, 0.2) is 6.10 Å². The zero-order chi connectivity index (χ0) is 50.0. The van der Waals surface area contributed by atoms with Gasteiger partial charge in [-0.3, -0.25) is 14.4 Å². The molecule has 69 heavy (non-hydrogen) atoms. The second kappa shape index (κ2) is 58.5. The van der Waals surface area contributed by atoms with Gasteiger partial charge in [-0.25, -0.2) is 0 Å². The highest BCUT2D eigenvalue weighted by molar-refractivity contribution is 5.71. The van der Waals surface area contributed by atoms with Crippen LogP contribution in [-0.4, -0.2) is 37.2 Å². The van der Waals surface area contributed by atoms with Gasteiger partial charge in [0.2, 0.25) is 0 Å². The van der Waals surface area contributed by atoms with Crippen LogP contribution in [0.1, 0.15) is 342 Å². The molecule has 0 aliphatic rings. The summed E-state index contributed by atoms with van der Waals surface area (Å²) in [4.78, 5) is 38.1. The number of rotatable bonds is 57. The zero-order valence-corrected chi connectivity index (χ0v) is 46.6. The molecule has 0 rings (SSSR count). The second-order valence-corrected chi connectivity index (χ2v) is 21.0. The fourth-order valence-corrected chi connectivity index (χ4v) is 9.30. The Hall–Kier alpha value is -2.11. The second-order valence-electron chi connectivity index (χ2n) is 21.0. The van der Waals surface area contributed by atoms with E-state index in [9.17, 15) is 14.4 Å². The smallest absolute Gasteiger partial charge is 0.306 e. The first kappa shape index (κ1) is 66.9. The van der Waals surface area contributed by atoms with Gasteiger partial charge in [-0.2, -0.15) is 0 Å². The predicted octanol–water partition coefficient (Wildman–Crippen LogP) is 20.7. The molecule has 6 nitrogen and oxygen atoms in total. The monoisotopic (exact) mass is 971 g/mol. The number of hydrogen-bond acceptors (Lipinski definition) is 6. The number of carbonyl (C=O) groups is 3. The number of esters is 3. The standard InChI is InChI=1S/C63H118O6/c1-4-7-10-13-16-19-21-23-25-27-29-31-32-33-35-36-38-40-42-44-47-50-53-56-62(65)68-59-60(58-67-61(64)55-52-49-46-18-15-12-9-6-3)69-63(66)57-54-51-48-45-43-41-39-37-34-30-28-26-24-22-20-17-14-11-8-5-2/h21,23,27,29,60H,4-20,22,24-26,28,30-59H2,1-3H3/b23-21-,29-27-. The third-order valence-corrected chi connectivity index (χ3v) is 14.0. The van der Waals surface area contributed by atoms with Crippen LogP contribution in [0.25, 0.3) is 0 Å². The average molecular weight is 972 g/mol. The van der Waals surface area contributed by atoms with E-state index < -0.39 is 6.10 Å². The first-order valence-electron chi connectivity index (χ1n) is 30.8. The van der Waals surface area contributed by atoms with Crippen molar-refractivity contribution in [2.24, 2.45) is 0 Å². The van der Waals surface area contributed by atoms with Crippen LogP contribution in [0.2, 0.25) is 0 Å². The van der Waals surface area contributed by atoms with Crippen molar-refractivity contribution in [3.63, 3.8) is 0 Å². The molecule has 0 N–H and O–H groups in total. The van der Waals surface area contributed by atoms with Crippen molar-refractivity contribution in [1.82, 2.24) is 0 Å². The Bertz CT molecular complexity index is 1110. The molecule has 0 aliphatic carbocycles. The number of carbonyl (C=O) groups excluding carboxylic acids is 3. The third kappa shape index (κ3) is 56.7. The highest BCUT2D eigenvalue weighted by Crippen LogP contribution is 2.17. The maximum Gasteiger partial charge on any atom is 0.306 e. The molecule has 1 unspecified atom stereocenters. The molecule has 0 spiro atoms. The van der Waals surface area contributed by atoms with E-state index in [1.165, 1.54) is 238 Å². The lowest BCUT2D eigenvalue weighted by Gasteiger charge is -2.18. The Kier molecular flexibility index (Phi) is 56.7. The molecule has 6 heteroatoms. The molecular weight excluding hydrogens is 853 g/mol. The molecule has 0 bridgehead atoms. The Balaban J connectivity index is 4.15. The maximum atomic E-state index is 12.9. The molecule has 0 saturated heterocycles. The van der Waals surface area contributed by atoms with E-state index in [1.54, 1.807) is 0 Å². The number of hydrogen-bond donors (Lipinski definition) is 0. The summed E-state index contributed by atoms with van der Waals surface area (Å²) in [6.45, 7) is 6.66. The van der Waals surface area contributed by atoms with Gasteiger partial charge in [-0.1, -0.05) is 295 Å². The van der Waals surface area contributed by atoms with Crippen molar-refractivity contribution in [3.05, 3.63) is 24.3 Å². The Labute approximate surface area is 430 Å². The highest BCUT2D eigenvalue weighted by atomic mass is 16.6. The van der Waals surface area contributed by atoms with Crippen LogP contribution in [-0.2, 0) is 28.6 Å². The van der Waals surface area contributed by atoms with Gasteiger partial charge in [-0.05, 0) is 51.4 Å². The summed E-state index contributed by atoms with van der Waals surface area (Å²) in [5.74, 6) is -0.850. The molecule has 406 valence electrons. The minimum absolute atomic E-state index is 0.0666. The molecule has 0 aromatic carbocycles. The first-order chi connectivity index (χ1) is 34.0. The Morgan fingerprint density at radius 2 is 0.522 bits per heavy atom. The quantitative estimate of drug-likeness (QED) is 0.0261. The largest absolute Gasteiger partial charge is 0.462 e. The van der Waals surface area contributed by atoms with Crippen molar-refractivity contribution in [3.8, 4) is 0 Å². The maximum absolute atomic E-state index is 12.9. The lowest BCUT2D eigenvalue weighted by Crippen LogP contribution is -2.30. The zero-order valence-electron chi connectivity index (χ0n) is 46.6. The van der Waals surface area contributed by atoms with Crippen molar-refractivity contribution in [1.29, 1.82) is 0 Å². The van der Waals surface area contributed by atoms with Crippen molar-refractivity contribution in [2.75, 3.05) is 13.2 Å². The van der Waals surface area contributed by atoms with E-state index in [0.29, 0.717) is 19.3 Å². The van der Waals surface area contributed by atoms with Crippen LogP contribution in [0.4, 0.5) is 0 Å². The summed E-state index contributed by atoms with van der Waals surface area (Å²) < 4.78 is 16.9. The fourth-order valence-electron chi connectivity index (χ4n) is 9.30. The number of ether oxygens (including phenoxy) is 3. The predicted molar refractivity (Wildman–Crippen MR) is 298 cm³/mol. The van der Waals surface area contributed by atoms with Crippen LogP contribution in [0.5, 0.6) is 0 Å². The lowest BCUT2D eigenvalue weighted by atomic mass is 10.0. The van der Waals surface area contributed by atoms with E-state index in [-0.39, 0.29) is 31.1 Å². The molecule has 0 radical (unpaired) electrons. The molecule has 1 atom stereocenters. The molecule has 0 fully saturated rings. The van der Waals surface area contributed by atoms with Gasteiger partial charge in [-0.15, -0.1) is 0 Å². The number of allylic oxidation sites excluding steroid dienone is 4. The summed E-state index contributed by atoms with van der Waals surface area (Å²) in [6.07, 6.45) is 69.1. The average Bonchev–Trinajstić information content (AvgIpc) is 3.35. The minimum Gasteiger partial charge on any atom is -0.462 e. The normalized spacial score (nSPS) is 12.1. The van der Waals surface area contributed by atoms with E-state index in [0.717, 1.165) is 64.2 Å². The molecule has 0 saturated carbocycles. The van der Waals surface area contributed by atoms with Crippen molar-refractivity contribution in [2.45, 2.75) is 348 Å². The third-order valence-electron chi connectivity index (χ3n) is 14.0. The van der Waals surface area contributed by atoms with Gasteiger partial charge in [0, 0.05) is 19.3 Å². The van der Waals surface area contributed by atoms with E-state index in [1.807, 2.05) is 0 Å². The summed E-state index contributed by atoms with van der Waals surface area (Å²) in [5, 5.41) is 0. The Morgan fingerprint density at radius 3 is 0.797 bits per heavy atom. The minimum atomic E-state index is -0.766. The Morgan fingerprint density at radius 1 is 0.290 bits per heavy atom. The van der Waals surface area contributed by atoms with Gasteiger partial charge in [0.1, 0.15) is 13.2 Å². The molecule has 0 aromatic heterocycles. The van der Waals surface area contributed by atoms with Crippen LogP contribution in [0.3, 0.4) is 0 Å². The lowest BCUT2D eigenvalue weighted by molar-refractivity contribution is -0.167. The number of unbranched alkanes of at least 4 members (excludes halogenated alkanes) is 42. The summed E-state index contributed by atoms with van der Waals surface area (Å²) >= 11 is 0. The molecule has 0 aliphatic heterocycles. The molecule has 0 aromatic rings. The van der Waals surface area contributed by atoms with Crippen molar-refractivity contribution < 1.29 is 28.6 Å². The first-order valence-corrected chi connectivity index (χ1v) is 30.8. The summed E-state index contributed by atoms with van der Waals surface area (Å²) in [6, 6.07) is 0. The van der Waals surface area contributed by atoms with E-state index >= 15 is 0 Å². The van der Waals surface area contributed by atoms with Gasteiger partial charge in [0.05, 0.1) is 0 Å². The van der Waals surface area contributed by atoms with Crippen molar-refractivity contribution >= 4 is 17.9 Å². The summed E-state index contributed by atoms with van der Waals surface area (Å²) in [7, 11) is 0. The molecule has 0 amide bonds. The summed E-state index contributed by atoms with van der Waals surface area (Å²) in [5.41, 5.74) is 0. The van der Waals surface area contributed by atoms with Gasteiger partial charge < -0.3 is 14.2 Å². The topological polar surface area (TPSA) is 78.9 Å². The fraction of sp³-hybridized carbons (Fsp3) is 0.889. The van der Waals surface area contributed by atoms with Gasteiger partial charge >= 0.3 is 17.9 Å². The van der Waals surface area contributed by atoms with E-state index in [4.69, 9.17) is 14.2 Å². The van der Waals surface area contributed by atoms with Crippen LogP contribution >= 0.6 is 0 Å². The highest BCUT2D eigenvalue weighted by Gasteiger charge is 2.19.